The van der Waals surface area contributed by atoms with Gasteiger partial charge in [0.15, 0.2) is 0 Å². The molecule has 1 saturated heterocycles. The number of hydrogen-bond donors (Lipinski definition) is 2. The summed E-state index contributed by atoms with van der Waals surface area (Å²) in [5.74, 6) is 1.83. The Kier molecular flexibility index (Phi) is 5.11. The molecule has 2 N–H and O–H groups in total. The Bertz CT molecular complexity index is 187. The van der Waals surface area contributed by atoms with Crippen molar-refractivity contribution in [3.8, 4) is 0 Å². The maximum atomic E-state index is 3.85. The first kappa shape index (κ1) is 12.4. The zero-order valence-electron chi connectivity index (χ0n) is 10.8. The fourth-order valence-electron chi connectivity index (χ4n) is 3.38. The predicted molar refractivity (Wildman–Crippen MR) is 69.6 cm³/mol. The average molecular weight is 224 g/mol. The monoisotopic (exact) mass is 224 g/mol. The van der Waals surface area contributed by atoms with Crippen LogP contribution in [-0.2, 0) is 0 Å². The molecule has 94 valence electrons. The third-order valence-corrected chi connectivity index (χ3v) is 4.50. The lowest BCUT2D eigenvalue weighted by Crippen LogP contribution is -2.43. The Hall–Kier alpha value is -0.0800. The average Bonchev–Trinajstić information content (AvgIpc) is 2.38. The summed E-state index contributed by atoms with van der Waals surface area (Å²) < 4.78 is 0. The van der Waals surface area contributed by atoms with E-state index in [0.29, 0.717) is 0 Å². The van der Waals surface area contributed by atoms with Gasteiger partial charge in [-0.2, -0.15) is 0 Å². The Labute approximate surface area is 101 Å². The molecule has 2 aliphatic rings. The van der Waals surface area contributed by atoms with Gasteiger partial charge in [0.05, 0.1) is 0 Å². The van der Waals surface area contributed by atoms with E-state index in [-0.39, 0.29) is 0 Å². The van der Waals surface area contributed by atoms with Crippen LogP contribution in [0.3, 0.4) is 0 Å². The molecule has 1 heterocycles. The second-order valence-corrected chi connectivity index (χ2v) is 5.68. The molecule has 2 fully saturated rings. The van der Waals surface area contributed by atoms with Gasteiger partial charge < -0.3 is 10.6 Å². The van der Waals surface area contributed by atoms with Gasteiger partial charge in [-0.1, -0.05) is 26.2 Å². The summed E-state index contributed by atoms with van der Waals surface area (Å²) in [4.78, 5) is 0. The van der Waals surface area contributed by atoms with E-state index in [0.717, 1.165) is 17.9 Å². The van der Waals surface area contributed by atoms with E-state index in [4.69, 9.17) is 0 Å². The molecule has 2 heteroatoms. The molecule has 3 unspecified atom stereocenters. The van der Waals surface area contributed by atoms with E-state index in [1.807, 2.05) is 0 Å². The minimum absolute atomic E-state index is 0.820. The number of nitrogens with one attached hydrogen (secondary N) is 2. The summed E-state index contributed by atoms with van der Waals surface area (Å²) in [5.41, 5.74) is 0. The van der Waals surface area contributed by atoms with Crippen LogP contribution in [0, 0.1) is 11.8 Å². The molecule has 0 bridgehead atoms. The zero-order chi connectivity index (χ0) is 11.2. The molecule has 2 rings (SSSR count). The van der Waals surface area contributed by atoms with Gasteiger partial charge in [-0.3, -0.25) is 0 Å². The summed E-state index contributed by atoms with van der Waals surface area (Å²) in [7, 11) is 0. The summed E-state index contributed by atoms with van der Waals surface area (Å²) in [5, 5.41) is 7.36. The van der Waals surface area contributed by atoms with E-state index >= 15 is 0 Å². The van der Waals surface area contributed by atoms with Gasteiger partial charge in [-0.25, -0.2) is 0 Å². The smallest absolute Gasteiger partial charge is 0.00953 e. The highest BCUT2D eigenvalue weighted by Crippen LogP contribution is 2.27. The van der Waals surface area contributed by atoms with Gasteiger partial charge in [0.2, 0.25) is 0 Å². The van der Waals surface area contributed by atoms with Crippen molar-refractivity contribution in [2.75, 3.05) is 19.6 Å². The summed E-state index contributed by atoms with van der Waals surface area (Å²) in [6.45, 7) is 6.06. The fourth-order valence-corrected chi connectivity index (χ4v) is 3.38. The van der Waals surface area contributed by atoms with Crippen LogP contribution in [0.2, 0.25) is 0 Å². The first-order valence-corrected chi connectivity index (χ1v) is 7.34. The third kappa shape index (κ3) is 3.46. The van der Waals surface area contributed by atoms with Gasteiger partial charge in [0.1, 0.15) is 0 Å². The molecule has 0 radical (unpaired) electrons. The normalized spacial score (nSPS) is 36.2. The third-order valence-electron chi connectivity index (χ3n) is 4.50. The lowest BCUT2D eigenvalue weighted by Gasteiger charge is -2.33. The lowest BCUT2D eigenvalue weighted by molar-refractivity contribution is 0.237. The first-order valence-electron chi connectivity index (χ1n) is 7.34. The summed E-state index contributed by atoms with van der Waals surface area (Å²) in [6.07, 6.45) is 9.92. The maximum absolute atomic E-state index is 3.85. The first-order chi connectivity index (χ1) is 7.90. The minimum Gasteiger partial charge on any atom is -0.316 e. The molecule has 1 aliphatic carbocycles. The van der Waals surface area contributed by atoms with Crippen LogP contribution in [0.25, 0.3) is 0 Å². The molecule has 0 aromatic rings. The van der Waals surface area contributed by atoms with E-state index < -0.39 is 0 Å². The maximum Gasteiger partial charge on any atom is 0.00953 e. The largest absolute Gasteiger partial charge is 0.316 e. The Morgan fingerprint density at radius 1 is 1.12 bits per heavy atom. The highest BCUT2D eigenvalue weighted by Gasteiger charge is 2.24. The quantitative estimate of drug-likeness (QED) is 0.767. The van der Waals surface area contributed by atoms with Crippen LogP contribution < -0.4 is 10.6 Å². The molecule has 0 spiro atoms. The van der Waals surface area contributed by atoms with Crippen LogP contribution >= 0.6 is 0 Å². The molecule has 3 atom stereocenters. The predicted octanol–water partition coefficient (Wildman–Crippen LogP) is 2.54. The Morgan fingerprint density at radius 2 is 2.00 bits per heavy atom. The molecule has 0 amide bonds. The van der Waals surface area contributed by atoms with Crippen molar-refractivity contribution in [1.29, 1.82) is 0 Å². The van der Waals surface area contributed by atoms with Crippen LogP contribution in [0.1, 0.15) is 51.9 Å². The number of piperidine rings is 1. The molecule has 2 nitrogen and oxygen atoms in total. The Balaban J connectivity index is 1.70. The highest BCUT2D eigenvalue weighted by atomic mass is 14.9. The molecule has 0 aromatic carbocycles. The van der Waals surface area contributed by atoms with E-state index in [2.05, 4.69) is 17.6 Å². The van der Waals surface area contributed by atoms with Crippen molar-refractivity contribution in [3.63, 3.8) is 0 Å². The van der Waals surface area contributed by atoms with Crippen LogP contribution in [0.5, 0.6) is 0 Å². The van der Waals surface area contributed by atoms with Crippen molar-refractivity contribution in [1.82, 2.24) is 10.6 Å². The summed E-state index contributed by atoms with van der Waals surface area (Å²) >= 11 is 0. The molecular weight excluding hydrogens is 196 g/mol. The van der Waals surface area contributed by atoms with Gasteiger partial charge >= 0.3 is 0 Å². The van der Waals surface area contributed by atoms with Gasteiger partial charge in [0.25, 0.3) is 0 Å². The van der Waals surface area contributed by atoms with Crippen molar-refractivity contribution in [2.45, 2.75) is 57.9 Å². The SMILES string of the molecule is CCC1CCCCC1NCC1CCCNC1. The van der Waals surface area contributed by atoms with E-state index in [1.165, 1.54) is 64.6 Å². The van der Waals surface area contributed by atoms with Gasteiger partial charge in [-0.05, 0) is 57.2 Å². The van der Waals surface area contributed by atoms with Crippen molar-refractivity contribution in [3.05, 3.63) is 0 Å². The zero-order valence-corrected chi connectivity index (χ0v) is 10.8. The molecule has 1 saturated carbocycles. The standard InChI is InChI=1S/C14H28N2/c1-2-13-7-3-4-8-14(13)16-11-12-6-5-9-15-10-12/h12-16H,2-11H2,1H3. The molecule has 16 heavy (non-hydrogen) atoms. The van der Waals surface area contributed by atoms with Crippen LogP contribution in [0.15, 0.2) is 0 Å². The second-order valence-electron chi connectivity index (χ2n) is 5.68. The van der Waals surface area contributed by atoms with Gasteiger partial charge in [0, 0.05) is 6.04 Å². The van der Waals surface area contributed by atoms with Crippen LogP contribution in [0.4, 0.5) is 0 Å². The fraction of sp³-hybridized carbons (Fsp3) is 1.00. The summed E-state index contributed by atoms with van der Waals surface area (Å²) in [6, 6.07) is 0.820. The second kappa shape index (κ2) is 6.61. The van der Waals surface area contributed by atoms with Crippen molar-refractivity contribution in [2.24, 2.45) is 11.8 Å². The van der Waals surface area contributed by atoms with Crippen molar-refractivity contribution >= 4 is 0 Å². The lowest BCUT2D eigenvalue weighted by atomic mass is 9.82. The Morgan fingerprint density at radius 3 is 2.75 bits per heavy atom. The number of rotatable bonds is 4. The van der Waals surface area contributed by atoms with E-state index in [1.54, 1.807) is 0 Å². The van der Waals surface area contributed by atoms with E-state index in [9.17, 15) is 0 Å². The highest BCUT2D eigenvalue weighted by molar-refractivity contribution is 4.82. The van der Waals surface area contributed by atoms with Gasteiger partial charge in [-0.15, -0.1) is 0 Å². The number of hydrogen-bond acceptors (Lipinski definition) is 2. The molecule has 0 aromatic heterocycles. The molecular formula is C14H28N2. The topological polar surface area (TPSA) is 24.1 Å². The molecule has 1 aliphatic heterocycles. The van der Waals surface area contributed by atoms with Crippen LogP contribution in [-0.4, -0.2) is 25.7 Å². The van der Waals surface area contributed by atoms with Crippen molar-refractivity contribution < 1.29 is 0 Å². The minimum atomic E-state index is 0.820.